The Bertz CT molecular complexity index is 1620. The van der Waals surface area contributed by atoms with Crippen molar-refractivity contribution in [2.75, 3.05) is 18.1 Å². The summed E-state index contributed by atoms with van der Waals surface area (Å²) in [6, 6.07) is 28.7. The molecule has 1 aliphatic carbocycles. The molecule has 0 atom stereocenters. The van der Waals surface area contributed by atoms with E-state index in [0.29, 0.717) is 6.61 Å². The van der Waals surface area contributed by atoms with Crippen molar-refractivity contribution in [1.29, 1.82) is 0 Å². The van der Waals surface area contributed by atoms with Crippen molar-refractivity contribution < 1.29 is 4.74 Å². The van der Waals surface area contributed by atoms with Gasteiger partial charge in [0, 0.05) is 28.4 Å². The summed E-state index contributed by atoms with van der Waals surface area (Å²) >= 11 is 1.94. The highest BCUT2D eigenvalue weighted by atomic mass is 32.2. The number of aromatic nitrogens is 2. The number of H-pyrrole nitrogens is 1. The number of hydrogen-bond acceptors (Lipinski definition) is 4. The Labute approximate surface area is 228 Å². The monoisotopic (exact) mass is 517 g/mol. The molecular formula is C33H31N3OS. The molecule has 0 radical (unpaired) electrons. The molecule has 0 bridgehead atoms. The first-order valence-corrected chi connectivity index (χ1v) is 14.5. The second-order valence-corrected chi connectivity index (χ2v) is 11.4. The standard InChI is InChI=1S/C33H31N3OS/c1-22-34-30-12-10-25(18-31(30)35-22)24-11-13-33-27(16-24)20-36(14-15-37-33)32-19-28(17-26-8-5-9-29(26)32)38-21-23-6-3-2-4-7-23/h2-4,6-7,10-13,16-19H,5,8-9,14-15,20-21H2,1H3,(H,34,35). The van der Waals surface area contributed by atoms with Gasteiger partial charge in [-0.3, -0.25) is 0 Å². The molecule has 190 valence electrons. The van der Waals surface area contributed by atoms with Crippen molar-refractivity contribution in [2.24, 2.45) is 0 Å². The maximum Gasteiger partial charge on any atom is 0.124 e. The van der Waals surface area contributed by atoms with Crippen LogP contribution >= 0.6 is 11.8 Å². The lowest BCUT2D eigenvalue weighted by molar-refractivity contribution is 0.331. The van der Waals surface area contributed by atoms with E-state index in [-0.39, 0.29) is 0 Å². The molecule has 0 spiro atoms. The Morgan fingerprint density at radius 3 is 2.71 bits per heavy atom. The van der Waals surface area contributed by atoms with Crippen LogP contribution in [0.4, 0.5) is 5.69 Å². The zero-order valence-electron chi connectivity index (χ0n) is 21.7. The SMILES string of the molecule is Cc1nc2ccc(-c3ccc4c(c3)CN(c3cc(SCc5ccccc5)cc5c3CCC5)CCO4)cc2[nH]1. The van der Waals surface area contributed by atoms with E-state index in [4.69, 9.17) is 4.74 Å². The molecule has 4 nitrogen and oxygen atoms in total. The lowest BCUT2D eigenvalue weighted by atomic mass is 10.0. The van der Waals surface area contributed by atoms with Gasteiger partial charge < -0.3 is 14.6 Å². The smallest absolute Gasteiger partial charge is 0.124 e. The minimum Gasteiger partial charge on any atom is -0.491 e. The van der Waals surface area contributed by atoms with Crippen LogP contribution in [0.2, 0.25) is 0 Å². The minimum absolute atomic E-state index is 0.696. The molecule has 1 aromatic heterocycles. The molecule has 7 rings (SSSR count). The molecule has 0 unspecified atom stereocenters. The van der Waals surface area contributed by atoms with Gasteiger partial charge in [-0.15, -0.1) is 11.8 Å². The number of anilines is 1. The van der Waals surface area contributed by atoms with Crippen molar-refractivity contribution in [3.63, 3.8) is 0 Å². The third-order valence-electron chi connectivity index (χ3n) is 7.73. The summed E-state index contributed by atoms with van der Waals surface area (Å²) in [6.07, 6.45) is 3.60. The van der Waals surface area contributed by atoms with Gasteiger partial charge >= 0.3 is 0 Å². The number of aromatic amines is 1. The van der Waals surface area contributed by atoms with Crippen LogP contribution in [-0.2, 0) is 25.1 Å². The quantitative estimate of drug-likeness (QED) is 0.242. The zero-order chi connectivity index (χ0) is 25.5. The molecule has 2 aliphatic rings. The molecule has 0 amide bonds. The first-order chi connectivity index (χ1) is 18.7. The fourth-order valence-electron chi connectivity index (χ4n) is 5.86. The molecule has 0 saturated carbocycles. The van der Waals surface area contributed by atoms with Crippen molar-refractivity contribution >= 4 is 28.5 Å². The van der Waals surface area contributed by atoms with Crippen LogP contribution in [0.5, 0.6) is 5.75 Å². The highest BCUT2D eigenvalue weighted by molar-refractivity contribution is 7.98. The Morgan fingerprint density at radius 1 is 0.921 bits per heavy atom. The lowest BCUT2D eigenvalue weighted by Gasteiger charge is -2.26. The molecule has 5 aromatic rings. The van der Waals surface area contributed by atoms with Gasteiger partial charge in [0.05, 0.1) is 17.6 Å². The van der Waals surface area contributed by atoms with Gasteiger partial charge in [-0.2, -0.15) is 0 Å². The average molecular weight is 518 g/mol. The molecular weight excluding hydrogens is 486 g/mol. The summed E-state index contributed by atoms with van der Waals surface area (Å²) in [7, 11) is 0. The highest BCUT2D eigenvalue weighted by Crippen LogP contribution is 2.39. The molecule has 2 heterocycles. The van der Waals surface area contributed by atoms with Crippen molar-refractivity contribution in [1.82, 2.24) is 9.97 Å². The Balaban J connectivity index is 1.20. The second kappa shape index (κ2) is 9.88. The molecule has 4 aromatic carbocycles. The summed E-state index contributed by atoms with van der Waals surface area (Å²) in [5, 5.41) is 0. The van der Waals surface area contributed by atoms with Crippen molar-refractivity contribution in [3.05, 3.63) is 107 Å². The van der Waals surface area contributed by atoms with Gasteiger partial charge in [-0.1, -0.05) is 42.5 Å². The Kier molecular flexibility index (Phi) is 6.09. The molecule has 5 heteroatoms. The Morgan fingerprint density at radius 2 is 1.79 bits per heavy atom. The van der Waals surface area contributed by atoms with Crippen molar-refractivity contribution in [3.8, 4) is 16.9 Å². The van der Waals surface area contributed by atoms with Crippen LogP contribution in [0, 0.1) is 6.92 Å². The molecule has 1 N–H and O–H groups in total. The largest absolute Gasteiger partial charge is 0.491 e. The third kappa shape index (κ3) is 4.56. The van der Waals surface area contributed by atoms with Gasteiger partial charge in [0.1, 0.15) is 18.2 Å². The zero-order valence-corrected chi connectivity index (χ0v) is 22.5. The van der Waals surface area contributed by atoms with Crippen molar-refractivity contribution in [2.45, 2.75) is 43.4 Å². The maximum absolute atomic E-state index is 6.26. The Hall–Kier alpha value is -3.70. The van der Waals surface area contributed by atoms with E-state index in [1.807, 2.05) is 18.7 Å². The number of nitrogens with one attached hydrogen (secondary N) is 1. The number of rotatable bonds is 5. The van der Waals surface area contributed by atoms with Crippen LogP contribution < -0.4 is 9.64 Å². The van der Waals surface area contributed by atoms with Gasteiger partial charge in [-0.05, 0) is 90.4 Å². The van der Waals surface area contributed by atoms with Crippen LogP contribution in [0.3, 0.4) is 0 Å². The van der Waals surface area contributed by atoms with Gasteiger partial charge in [-0.25, -0.2) is 4.98 Å². The minimum atomic E-state index is 0.696. The number of thioether (sulfide) groups is 1. The predicted molar refractivity (Wildman–Crippen MR) is 157 cm³/mol. The summed E-state index contributed by atoms with van der Waals surface area (Å²) in [5.41, 5.74) is 11.6. The van der Waals surface area contributed by atoms with Gasteiger partial charge in [0.15, 0.2) is 0 Å². The lowest BCUT2D eigenvalue weighted by Crippen LogP contribution is -2.26. The fourth-order valence-corrected chi connectivity index (χ4v) is 6.80. The van der Waals surface area contributed by atoms with E-state index in [1.54, 1.807) is 0 Å². The fraction of sp³-hybridized carbons (Fsp3) is 0.242. The maximum atomic E-state index is 6.26. The first-order valence-electron chi connectivity index (χ1n) is 13.5. The summed E-state index contributed by atoms with van der Waals surface area (Å²) in [4.78, 5) is 11.8. The highest BCUT2D eigenvalue weighted by Gasteiger charge is 2.23. The average Bonchev–Trinajstić information content (AvgIpc) is 3.51. The molecule has 0 saturated heterocycles. The first kappa shape index (κ1) is 23.4. The number of hydrogen-bond donors (Lipinski definition) is 1. The topological polar surface area (TPSA) is 41.2 Å². The van der Waals surface area contributed by atoms with E-state index in [0.717, 1.165) is 41.4 Å². The van der Waals surface area contributed by atoms with E-state index < -0.39 is 0 Å². The summed E-state index contributed by atoms with van der Waals surface area (Å²) in [5.74, 6) is 2.94. The molecule has 1 aliphatic heterocycles. The third-order valence-corrected chi connectivity index (χ3v) is 8.77. The number of fused-ring (bicyclic) bond motifs is 3. The predicted octanol–water partition coefficient (Wildman–Crippen LogP) is 7.72. The molecule has 0 fully saturated rings. The number of aryl methyl sites for hydroxylation is 2. The van der Waals surface area contributed by atoms with Crippen LogP contribution in [-0.4, -0.2) is 23.1 Å². The number of ether oxygens (including phenoxy) is 1. The second-order valence-electron chi connectivity index (χ2n) is 10.4. The molecule has 38 heavy (non-hydrogen) atoms. The van der Waals surface area contributed by atoms with E-state index in [9.17, 15) is 0 Å². The van der Waals surface area contributed by atoms with Crippen LogP contribution in [0.25, 0.3) is 22.2 Å². The summed E-state index contributed by atoms with van der Waals surface area (Å²) < 4.78 is 6.26. The van der Waals surface area contributed by atoms with Gasteiger partial charge in [0.25, 0.3) is 0 Å². The van der Waals surface area contributed by atoms with E-state index in [2.05, 4.69) is 93.7 Å². The van der Waals surface area contributed by atoms with Crippen LogP contribution in [0.15, 0.2) is 83.8 Å². The number of imidazole rings is 1. The van der Waals surface area contributed by atoms with E-state index >= 15 is 0 Å². The van der Waals surface area contributed by atoms with Gasteiger partial charge in [0.2, 0.25) is 0 Å². The van der Waals surface area contributed by atoms with Crippen LogP contribution in [0.1, 0.15) is 34.5 Å². The number of nitrogens with zero attached hydrogens (tertiary/aromatic N) is 2. The van der Waals surface area contributed by atoms with E-state index in [1.165, 1.54) is 63.2 Å². The number of benzene rings is 4. The normalized spacial score (nSPS) is 14.7. The summed E-state index contributed by atoms with van der Waals surface area (Å²) in [6.45, 7) is 4.44.